The number of nitrogens with zero attached hydrogens (tertiary/aromatic N) is 2. The normalized spacial score (nSPS) is 28.9. The van der Waals surface area contributed by atoms with E-state index in [-0.39, 0.29) is 5.25 Å². The third-order valence-electron chi connectivity index (χ3n) is 3.05. The monoisotopic (exact) mass is 252 g/mol. The third kappa shape index (κ3) is 2.95. The summed E-state index contributed by atoms with van der Waals surface area (Å²) in [6, 6.07) is 1.78. The fourth-order valence-electron chi connectivity index (χ4n) is 2.08. The van der Waals surface area contributed by atoms with Crippen LogP contribution in [0.2, 0.25) is 0 Å². The van der Waals surface area contributed by atoms with Crippen molar-refractivity contribution < 1.29 is 4.79 Å². The smallest absolute Gasteiger partial charge is 0.237 e. The second-order valence-corrected chi connectivity index (χ2v) is 5.66. The fraction of sp³-hybridized carbons (Fsp3) is 0.545. The first-order valence-electron chi connectivity index (χ1n) is 5.63. The summed E-state index contributed by atoms with van der Waals surface area (Å²) < 4.78 is 0. The molecular weight excluding hydrogens is 236 g/mol. The summed E-state index contributed by atoms with van der Waals surface area (Å²) >= 11 is 1.57. The Morgan fingerprint density at radius 2 is 2.18 bits per heavy atom. The Morgan fingerprint density at radius 1 is 1.47 bits per heavy atom. The highest BCUT2D eigenvalue weighted by molar-refractivity contribution is 7.99. The molecule has 2 unspecified atom stereocenters. The van der Waals surface area contributed by atoms with E-state index < -0.39 is 11.4 Å². The van der Waals surface area contributed by atoms with Gasteiger partial charge < -0.3 is 11.5 Å². The Morgan fingerprint density at radius 3 is 2.82 bits per heavy atom. The lowest BCUT2D eigenvalue weighted by Crippen LogP contribution is -2.55. The number of carbonyl (C=O) groups excluding carboxylic acids is 1. The molecule has 1 aliphatic carbocycles. The maximum absolute atomic E-state index is 11.3. The van der Waals surface area contributed by atoms with E-state index >= 15 is 0 Å². The van der Waals surface area contributed by atoms with Crippen LogP contribution >= 0.6 is 11.8 Å². The van der Waals surface area contributed by atoms with Crippen molar-refractivity contribution in [3.8, 4) is 0 Å². The molecule has 2 atom stereocenters. The van der Waals surface area contributed by atoms with Gasteiger partial charge in [-0.1, -0.05) is 11.8 Å². The molecule has 1 fully saturated rings. The molecule has 6 heteroatoms. The summed E-state index contributed by atoms with van der Waals surface area (Å²) in [5, 5.41) is 0.995. The number of rotatable bonds is 3. The zero-order chi connectivity index (χ0) is 12.3. The predicted molar refractivity (Wildman–Crippen MR) is 66.3 cm³/mol. The van der Waals surface area contributed by atoms with Gasteiger partial charge in [0.2, 0.25) is 5.91 Å². The zero-order valence-electron chi connectivity index (χ0n) is 9.50. The molecule has 92 valence electrons. The van der Waals surface area contributed by atoms with E-state index in [2.05, 4.69) is 9.97 Å². The van der Waals surface area contributed by atoms with Gasteiger partial charge in [-0.25, -0.2) is 9.97 Å². The Kier molecular flexibility index (Phi) is 3.63. The van der Waals surface area contributed by atoms with Gasteiger partial charge in [0.05, 0.1) is 5.54 Å². The standard InChI is InChI=1S/C11H16N4OS/c12-9(16)11(13)4-1-3-8(7-11)17-10-14-5-2-6-15-10/h2,5-6,8H,1,3-4,7,13H2,(H2,12,16). The molecule has 17 heavy (non-hydrogen) atoms. The highest BCUT2D eigenvalue weighted by atomic mass is 32.2. The van der Waals surface area contributed by atoms with Crippen molar-refractivity contribution in [1.82, 2.24) is 9.97 Å². The molecular formula is C11H16N4OS. The van der Waals surface area contributed by atoms with Gasteiger partial charge in [-0.2, -0.15) is 0 Å². The Bertz CT molecular complexity index is 400. The van der Waals surface area contributed by atoms with Crippen molar-refractivity contribution in [2.24, 2.45) is 11.5 Å². The molecule has 0 radical (unpaired) electrons. The lowest BCUT2D eigenvalue weighted by atomic mass is 9.82. The largest absolute Gasteiger partial charge is 0.368 e. The third-order valence-corrected chi connectivity index (χ3v) is 4.20. The van der Waals surface area contributed by atoms with E-state index in [1.807, 2.05) is 0 Å². The SMILES string of the molecule is NC(=O)C1(N)CCCC(Sc2ncccn2)C1. The van der Waals surface area contributed by atoms with Crippen LogP contribution in [0.3, 0.4) is 0 Å². The van der Waals surface area contributed by atoms with E-state index in [4.69, 9.17) is 11.5 Å². The Balaban J connectivity index is 2.01. The van der Waals surface area contributed by atoms with E-state index in [9.17, 15) is 4.79 Å². The van der Waals surface area contributed by atoms with Crippen LogP contribution in [0.25, 0.3) is 0 Å². The minimum atomic E-state index is -0.856. The lowest BCUT2D eigenvalue weighted by Gasteiger charge is -2.34. The van der Waals surface area contributed by atoms with E-state index in [1.54, 1.807) is 30.2 Å². The first-order valence-corrected chi connectivity index (χ1v) is 6.50. The van der Waals surface area contributed by atoms with Gasteiger partial charge in [-0.3, -0.25) is 4.79 Å². The average molecular weight is 252 g/mol. The van der Waals surface area contributed by atoms with Gasteiger partial charge in [0, 0.05) is 17.6 Å². The number of nitrogens with two attached hydrogens (primary N) is 2. The van der Waals surface area contributed by atoms with Crippen LogP contribution in [0.15, 0.2) is 23.6 Å². The minimum absolute atomic E-state index is 0.267. The van der Waals surface area contributed by atoms with Crippen LogP contribution in [-0.2, 0) is 4.79 Å². The number of thioether (sulfide) groups is 1. The van der Waals surface area contributed by atoms with Gasteiger partial charge in [-0.05, 0) is 31.7 Å². The van der Waals surface area contributed by atoms with Crippen molar-refractivity contribution in [3.63, 3.8) is 0 Å². The Labute approximate surface area is 104 Å². The molecule has 0 aromatic carbocycles. The van der Waals surface area contributed by atoms with Crippen LogP contribution in [0.5, 0.6) is 0 Å². The molecule has 1 aliphatic rings. The van der Waals surface area contributed by atoms with E-state index in [0.29, 0.717) is 12.8 Å². The molecule has 1 amide bonds. The number of amides is 1. The highest BCUT2D eigenvalue weighted by Gasteiger charge is 2.38. The molecule has 2 rings (SSSR count). The van der Waals surface area contributed by atoms with Crippen LogP contribution in [-0.4, -0.2) is 26.7 Å². The molecule has 1 saturated carbocycles. The molecule has 0 saturated heterocycles. The van der Waals surface area contributed by atoms with E-state index in [1.165, 1.54) is 0 Å². The van der Waals surface area contributed by atoms with E-state index in [0.717, 1.165) is 18.0 Å². The average Bonchev–Trinajstić information content (AvgIpc) is 2.30. The second kappa shape index (κ2) is 5.01. The summed E-state index contributed by atoms with van der Waals surface area (Å²) in [6.45, 7) is 0. The maximum Gasteiger partial charge on any atom is 0.237 e. The maximum atomic E-state index is 11.3. The van der Waals surface area contributed by atoms with Crippen LogP contribution in [0.4, 0.5) is 0 Å². The van der Waals surface area contributed by atoms with Gasteiger partial charge in [0.1, 0.15) is 0 Å². The first kappa shape index (κ1) is 12.3. The number of primary amides is 1. The highest BCUT2D eigenvalue weighted by Crippen LogP contribution is 2.35. The summed E-state index contributed by atoms with van der Waals surface area (Å²) in [4.78, 5) is 19.7. The van der Waals surface area contributed by atoms with Crippen molar-refractivity contribution in [3.05, 3.63) is 18.5 Å². The van der Waals surface area contributed by atoms with Crippen LogP contribution in [0, 0.1) is 0 Å². The first-order chi connectivity index (χ1) is 8.10. The van der Waals surface area contributed by atoms with Gasteiger partial charge in [0.25, 0.3) is 0 Å². The van der Waals surface area contributed by atoms with Crippen LogP contribution < -0.4 is 11.5 Å². The summed E-state index contributed by atoms with van der Waals surface area (Å²) in [7, 11) is 0. The predicted octanol–water partition coefficient (Wildman–Crippen LogP) is 0.694. The molecule has 1 aromatic rings. The van der Waals surface area contributed by atoms with Gasteiger partial charge in [-0.15, -0.1) is 0 Å². The Hall–Kier alpha value is -1.14. The molecule has 1 heterocycles. The molecule has 0 spiro atoms. The summed E-state index contributed by atoms with van der Waals surface area (Å²) in [5.41, 5.74) is 10.5. The molecule has 4 N–H and O–H groups in total. The summed E-state index contributed by atoms with van der Waals surface area (Å²) in [5.74, 6) is -0.406. The molecule has 0 aliphatic heterocycles. The quantitative estimate of drug-likeness (QED) is 0.772. The van der Waals surface area contributed by atoms with Crippen molar-refractivity contribution >= 4 is 17.7 Å². The van der Waals surface area contributed by atoms with Crippen molar-refractivity contribution in [2.75, 3.05) is 0 Å². The van der Waals surface area contributed by atoms with Crippen LogP contribution in [0.1, 0.15) is 25.7 Å². The summed E-state index contributed by atoms with van der Waals surface area (Å²) in [6.07, 6.45) is 6.64. The zero-order valence-corrected chi connectivity index (χ0v) is 10.3. The number of carbonyl (C=O) groups is 1. The van der Waals surface area contributed by atoms with Crippen molar-refractivity contribution in [1.29, 1.82) is 0 Å². The number of hydrogen-bond donors (Lipinski definition) is 2. The molecule has 0 bridgehead atoms. The van der Waals surface area contributed by atoms with Crippen molar-refractivity contribution in [2.45, 2.75) is 41.6 Å². The van der Waals surface area contributed by atoms with Gasteiger partial charge >= 0.3 is 0 Å². The minimum Gasteiger partial charge on any atom is -0.368 e. The lowest BCUT2D eigenvalue weighted by molar-refractivity contribution is -0.124. The fourth-order valence-corrected chi connectivity index (χ4v) is 3.28. The second-order valence-electron chi connectivity index (χ2n) is 4.39. The van der Waals surface area contributed by atoms with Gasteiger partial charge in [0.15, 0.2) is 5.16 Å². The topological polar surface area (TPSA) is 94.9 Å². The molecule has 5 nitrogen and oxygen atoms in total. The number of aromatic nitrogens is 2. The number of hydrogen-bond acceptors (Lipinski definition) is 5. The molecule has 1 aromatic heterocycles.